The molecule has 2 heteroatoms. The van der Waals surface area contributed by atoms with Crippen molar-refractivity contribution >= 4 is 5.78 Å². The van der Waals surface area contributed by atoms with Crippen LogP contribution in [-0.2, 0) is 4.79 Å². The molecule has 0 spiro atoms. The zero-order valence-corrected chi connectivity index (χ0v) is 9.72. The highest BCUT2D eigenvalue weighted by Gasteiger charge is 2.15. The van der Waals surface area contributed by atoms with Crippen molar-refractivity contribution in [1.82, 2.24) is 0 Å². The van der Waals surface area contributed by atoms with E-state index in [4.69, 9.17) is 5.73 Å². The average Bonchev–Trinajstić information content (AvgIpc) is 2.18. The highest BCUT2D eigenvalue weighted by Crippen LogP contribution is 2.17. The summed E-state index contributed by atoms with van der Waals surface area (Å²) in [5.74, 6) is 0.782. The summed E-state index contributed by atoms with van der Waals surface area (Å²) in [4.78, 5) is 11.8. The lowest BCUT2D eigenvalue weighted by Gasteiger charge is -2.13. The Morgan fingerprint density at radius 3 is 2.14 bits per heavy atom. The Labute approximate surface area is 88.3 Å². The van der Waals surface area contributed by atoms with Gasteiger partial charge in [-0.15, -0.1) is 0 Å². The maximum Gasteiger partial charge on any atom is 0.135 e. The van der Waals surface area contributed by atoms with Crippen molar-refractivity contribution in [2.45, 2.75) is 58.8 Å². The van der Waals surface area contributed by atoms with E-state index in [0.717, 1.165) is 44.9 Å². The van der Waals surface area contributed by atoms with Crippen LogP contribution in [0.2, 0.25) is 0 Å². The average molecular weight is 199 g/mol. The van der Waals surface area contributed by atoms with Crippen molar-refractivity contribution in [3.05, 3.63) is 0 Å². The molecule has 0 bridgehead atoms. The maximum absolute atomic E-state index is 11.8. The van der Waals surface area contributed by atoms with E-state index in [9.17, 15) is 4.79 Å². The predicted molar refractivity (Wildman–Crippen MR) is 61.2 cm³/mol. The first-order valence-electron chi connectivity index (χ1n) is 5.99. The molecular weight excluding hydrogens is 174 g/mol. The molecule has 0 rings (SSSR count). The van der Waals surface area contributed by atoms with E-state index in [2.05, 4.69) is 13.8 Å². The first-order chi connectivity index (χ1) is 6.76. The van der Waals surface area contributed by atoms with Gasteiger partial charge in [0.15, 0.2) is 0 Å². The lowest BCUT2D eigenvalue weighted by molar-refractivity contribution is -0.123. The number of nitrogens with two attached hydrogens (primary N) is 1. The molecule has 0 aromatic carbocycles. The summed E-state index contributed by atoms with van der Waals surface area (Å²) in [5, 5.41) is 0. The summed E-state index contributed by atoms with van der Waals surface area (Å²) in [6.07, 6.45) is 7.06. The summed E-state index contributed by atoms with van der Waals surface area (Å²) in [7, 11) is 0. The SMILES string of the molecule is CCCC(CCC)C(=O)CCCCN. The summed E-state index contributed by atoms with van der Waals surface area (Å²) < 4.78 is 0. The number of unbranched alkanes of at least 4 members (excludes halogenated alkanes) is 1. The van der Waals surface area contributed by atoms with Gasteiger partial charge in [-0.05, 0) is 32.2 Å². The normalized spacial score (nSPS) is 10.9. The number of ketones is 1. The molecule has 2 N–H and O–H groups in total. The number of carbonyl (C=O) groups is 1. The molecule has 0 saturated heterocycles. The smallest absolute Gasteiger partial charge is 0.135 e. The quantitative estimate of drug-likeness (QED) is 0.580. The fourth-order valence-electron chi connectivity index (χ4n) is 1.81. The summed E-state index contributed by atoms with van der Waals surface area (Å²) in [6, 6.07) is 0. The van der Waals surface area contributed by atoms with E-state index in [1.807, 2.05) is 0 Å². The van der Waals surface area contributed by atoms with E-state index in [0.29, 0.717) is 18.2 Å². The van der Waals surface area contributed by atoms with Crippen LogP contribution in [0, 0.1) is 5.92 Å². The number of carbonyl (C=O) groups excluding carboxylic acids is 1. The van der Waals surface area contributed by atoms with Crippen molar-refractivity contribution in [3.63, 3.8) is 0 Å². The lowest BCUT2D eigenvalue weighted by atomic mass is 9.91. The highest BCUT2D eigenvalue weighted by molar-refractivity contribution is 5.80. The van der Waals surface area contributed by atoms with Gasteiger partial charge in [0, 0.05) is 12.3 Å². The first kappa shape index (κ1) is 13.6. The Morgan fingerprint density at radius 1 is 1.14 bits per heavy atom. The van der Waals surface area contributed by atoms with Crippen LogP contribution < -0.4 is 5.73 Å². The zero-order chi connectivity index (χ0) is 10.8. The molecule has 0 heterocycles. The minimum absolute atomic E-state index is 0.322. The maximum atomic E-state index is 11.8. The van der Waals surface area contributed by atoms with Gasteiger partial charge >= 0.3 is 0 Å². The molecule has 0 saturated carbocycles. The Kier molecular flexibility index (Phi) is 8.95. The molecule has 0 fully saturated rings. The van der Waals surface area contributed by atoms with E-state index in [-0.39, 0.29) is 0 Å². The summed E-state index contributed by atoms with van der Waals surface area (Å²) >= 11 is 0. The minimum Gasteiger partial charge on any atom is -0.330 e. The van der Waals surface area contributed by atoms with Gasteiger partial charge < -0.3 is 5.73 Å². The molecule has 0 aromatic heterocycles. The number of hydrogen-bond acceptors (Lipinski definition) is 2. The van der Waals surface area contributed by atoms with Crippen molar-refractivity contribution < 1.29 is 4.79 Å². The summed E-state index contributed by atoms with van der Waals surface area (Å²) in [6.45, 7) is 5.01. The van der Waals surface area contributed by atoms with Crippen molar-refractivity contribution in [2.75, 3.05) is 6.54 Å². The molecule has 84 valence electrons. The summed E-state index contributed by atoms with van der Waals surface area (Å²) in [5.41, 5.74) is 5.40. The van der Waals surface area contributed by atoms with Crippen LogP contribution in [-0.4, -0.2) is 12.3 Å². The third kappa shape index (κ3) is 6.14. The van der Waals surface area contributed by atoms with Gasteiger partial charge in [-0.2, -0.15) is 0 Å². The second-order valence-electron chi connectivity index (χ2n) is 3.99. The molecular formula is C12H25NO. The van der Waals surface area contributed by atoms with Crippen LogP contribution in [0.15, 0.2) is 0 Å². The van der Waals surface area contributed by atoms with Gasteiger partial charge in [0.1, 0.15) is 5.78 Å². The fourth-order valence-corrected chi connectivity index (χ4v) is 1.81. The van der Waals surface area contributed by atoms with Gasteiger partial charge in [0.05, 0.1) is 0 Å². The number of Topliss-reactive ketones (excluding diaryl/α,β-unsaturated/α-hetero) is 1. The Hall–Kier alpha value is -0.370. The first-order valence-corrected chi connectivity index (χ1v) is 5.99. The van der Waals surface area contributed by atoms with Crippen molar-refractivity contribution in [2.24, 2.45) is 11.7 Å². The largest absolute Gasteiger partial charge is 0.330 e. The van der Waals surface area contributed by atoms with E-state index in [1.54, 1.807) is 0 Å². The third-order valence-corrected chi connectivity index (χ3v) is 2.61. The standard InChI is InChI=1S/C12H25NO/c1-3-7-11(8-4-2)12(14)9-5-6-10-13/h11H,3-10,13H2,1-2H3. The van der Waals surface area contributed by atoms with Gasteiger partial charge in [-0.1, -0.05) is 26.7 Å². The van der Waals surface area contributed by atoms with Crippen molar-refractivity contribution in [1.29, 1.82) is 0 Å². The Bertz CT molecular complexity index is 139. The lowest BCUT2D eigenvalue weighted by Crippen LogP contribution is -2.14. The third-order valence-electron chi connectivity index (χ3n) is 2.61. The molecule has 0 radical (unpaired) electrons. The van der Waals surface area contributed by atoms with E-state index >= 15 is 0 Å². The molecule has 2 nitrogen and oxygen atoms in total. The predicted octanol–water partition coefficient (Wildman–Crippen LogP) is 2.90. The fraction of sp³-hybridized carbons (Fsp3) is 0.917. The van der Waals surface area contributed by atoms with E-state index in [1.165, 1.54) is 0 Å². The van der Waals surface area contributed by atoms with Gasteiger partial charge in [0.25, 0.3) is 0 Å². The molecule has 14 heavy (non-hydrogen) atoms. The second kappa shape index (κ2) is 9.20. The molecule has 0 aliphatic rings. The number of hydrogen-bond donors (Lipinski definition) is 1. The molecule has 0 aliphatic heterocycles. The van der Waals surface area contributed by atoms with Crippen LogP contribution in [0.3, 0.4) is 0 Å². The van der Waals surface area contributed by atoms with Crippen molar-refractivity contribution in [3.8, 4) is 0 Å². The van der Waals surface area contributed by atoms with Crippen LogP contribution in [0.1, 0.15) is 58.8 Å². The number of rotatable bonds is 9. The monoisotopic (exact) mass is 199 g/mol. The Balaban J connectivity index is 3.76. The Morgan fingerprint density at radius 2 is 1.71 bits per heavy atom. The van der Waals surface area contributed by atoms with E-state index < -0.39 is 0 Å². The molecule has 0 unspecified atom stereocenters. The van der Waals surface area contributed by atoms with Gasteiger partial charge in [0.2, 0.25) is 0 Å². The highest BCUT2D eigenvalue weighted by atomic mass is 16.1. The van der Waals surface area contributed by atoms with Gasteiger partial charge in [-0.25, -0.2) is 0 Å². The van der Waals surface area contributed by atoms with Crippen LogP contribution in [0.25, 0.3) is 0 Å². The van der Waals surface area contributed by atoms with Gasteiger partial charge in [-0.3, -0.25) is 4.79 Å². The topological polar surface area (TPSA) is 43.1 Å². The molecule has 0 aliphatic carbocycles. The van der Waals surface area contributed by atoms with Crippen LogP contribution >= 0.6 is 0 Å². The molecule has 0 atom stereocenters. The molecule has 0 aromatic rings. The second-order valence-corrected chi connectivity index (χ2v) is 3.99. The molecule has 0 amide bonds. The van der Waals surface area contributed by atoms with Crippen LogP contribution in [0.5, 0.6) is 0 Å². The minimum atomic E-state index is 0.322. The zero-order valence-electron chi connectivity index (χ0n) is 9.72. The van der Waals surface area contributed by atoms with Crippen LogP contribution in [0.4, 0.5) is 0 Å².